The Morgan fingerprint density at radius 3 is 2.30 bits per heavy atom. The average Bonchev–Trinajstić information content (AvgIpc) is 2.13. The van der Waals surface area contributed by atoms with E-state index in [2.05, 4.69) is 4.98 Å². The molecular formula is C7H10NO2. The maximum Gasteiger partial charge on any atom is 0.226 e. The smallest absolute Gasteiger partial charge is 0.226 e. The van der Waals surface area contributed by atoms with Gasteiger partial charge in [-0.15, -0.1) is 0 Å². The number of oxazole rings is 1. The molecular weight excluding hydrogens is 130 g/mol. The molecule has 0 aliphatic rings. The lowest BCUT2D eigenvalue weighted by molar-refractivity contribution is 0.0799. The van der Waals surface area contributed by atoms with E-state index in [-0.39, 0.29) is 5.89 Å². The molecule has 0 aromatic carbocycles. The third-order valence-corrected chi connectivity index (χ3v) is 1.39. The van der Waals surface area contributed by atoms with Crippen molar-refractivity contribution in [2.24, 2.45) is 0 Å². The van der Waals surface area contributed by atoms with E-state index in [0.717, 1.165) is 11.5 Å². The summed E-state index contributed by atoms with van der Waals surface area (Å²) in [4.78, 5) is 3.93. The second-order valence-electron chi connectivity index (χ2n) is 2.34. The SMILES string of the molecule is Cc1nc(C(C)[O])oc1C. The summed E-state index contributed by atoms with van der Waals surface area (Å²) in [5, 5.41) is 10.7. The topological polar surface area (TPSA) is 45.9 Å². The Morgan fingerprint density at radius 2 is 2.10 bits per heavy atom. The Morgan fingerprint density at radius 1 is 1.50 bits per heavy atom. The van der Waals surface area contributed by atoms with Gasteiger partial charge in [0.25, 0.3) is 0 Å². The minimum absolute atomic E-state index is 0.287. The van der Waals surface area contributed by atoms with Crippen molar-refractivity contribution in [3.8, 4) is 0 Å². The minimum Gasteiger partial charge on any atom is -0.443 e. The van der Waals surface area contributed by atoms with Gasteiger partial charge in [-0.25, -0.2) is 10.1 Å². The lowest BCUT2D eigenvalue weighted by Crippen LogP contribution is -1.87. The Hall–Kier alpha value is -0.830. The number of aryl methyl sites for hydroxylation is 2. The molecule has 3 heteroatoms. The molecule has 1 unspecified atom stereocenters. The highest BCUT2D eigenvalue weighted by molar-refractivity contribution is 5.05. The van der Waals surface area contributed by atoms with Crippen LogP contribution in [0.5, 0.6) is 0 Å². The van der Waals surface area contributed by atoms with E-state index in [1.54, 1.807) is 6.92 Å². The Bertz CT molecular complexity index is 208. The van der Waals surface area contributed by atoms with Gasteiger partial charge in [-0.05, 0) is 20.8 Å². The van der Waals surface area contributed by atoms with Crippen molar-refractivity contribution in [3.05, 3.63) is 17.3 Å². The summed E-state index contributed by atoms with van der Waals surface area (Å²) in [7, 11) is 0. The van der Waals surface area contributed by atoms with Crippen LogP contribution in [0.25, 0.3) is 0 Å². The van der Waals surface area contributed by atoms with Crippen LogP contribution >= 0.6 is 0 Å². The van der Waals surface area contributed by atoms with Crippen molar-refractivity contribution in [2.75, 3.05) is 0 Å². The maximum atomic E-state index is 10.7. The van der Waals surface area contributed by atoms with E-state index in [9.17, 15) is 5.11 Å². The number of hydrogen-bond acceptors (Lipinski definition) is 2. The first-order chi connectivity index (χ1) is 4.61. The summed E-state index contributed by atoms with van der Waals surface area (Å²) in [5.74, 6) is 1.02. The minimum atomic E-state index is -0.854. The van der Waals surface area contributed by atoms with Gasteiger partial charge in [0.05, 0.1) is 5.69 Å². The van der Waals surface area contributed by atoms with Gasteiger partial charge in [0.15, 0.2) is 6.10 Å². The van der Waals surface area contributed by atoms with Crippen molar-refractivity contribution in [3.63, 3.8) is 0 Å². The maximum absolute atomic E-state index is 10.7. The van der Waals surface area contributed by atoms with Gasteiger partial charge in [0, 0.05) is 0 Å². The summed E-state index contributed by atoms with van der Waals surface area (Å²) in [6, 6.07) is 0. The van der Waals surface area contributed by atoms with Crippen LogP contribution in [-0.4, -0.2) is 4.98 Å². The molecule has 3 nitrogen and oxygen atoms in total. The summed E-state index contributed by atoms with van der Waals surface area (Å²) in [6.45, 7) is 5.14. The standard InChI is InChI=1S/C7H10NO2/c1-4-6(3)10-7(8-4)5(2)9/h5H,1-3H3. The number of rotatable bonds is 1. The van der Waals surface area contributed by atoms with Crippen LogP contribution in [0.3, 0.4) is 0 Å². The van der Waals surface area contributed by atoms with Crippen molar-refractivity contribution in [1.82, 2.24) is 4.98 Å². The lowest BCUT2D eigenvalue weighted by atomic mass is 10.4. The van der Waals surface area contributed by atoms with Gasteiger partial charge in [0.1, 0.15) is 5.76 Å². The molecule has 10 heavy (non-hydrogen) atoms. The average molecular weight is 140 g/mol. The van der Waals surface area contributed by atoms with Crippen LogP contribution in [0.4, 0.5) is 0 Å². The van der Waals surface area contributed by atoms with Gasteiger partial charge < -0.3 is 4.42 Å². The normalized spacial score (nSPS) is 13.6. The lowest BCUT2D eigenvalue weighted by Gasteiger charge is -1.90. The highest BCUT2D eigenvalue weighted by Crippen LogP contribution is 2.14. The van der Waals surface area contributed by atoms with Crippen LogP contribution in [0.2, 0.25) is 0 Å². The molecule has 0 saturated carbocycles. The highest BCUT2D eigenvalue weighted by atomic mass is 16.4. The molecule has 1 aromatic rings. The van der Waals surface area contributed by atoms with Crippen molar-refractivity contribution < 1.29 is 9.52 Å². The first-order valence-corrected chi connectivity index (χ1v) is 3.21. The largest absolute Gasteiger partial charge is 0.443 e. The molecule has 1 rings (SSSR count). The molecule has 1 radical (unpaired) electrons. The third kappa shape index (κ3) is 1.19. The molecule has 55 valence electrons. The van der Waals surface area contributed by atoms with Crippen LogP contribution in [0.1, 0.15) is 30.4 Å². The highest BCUT2D eigenvalue weighted by Gasteiger charge is 2.10. The van der Waals surface area contributed by atoms with Crippen molar-refractivity contribution in [1.29, 1.82) is 0 Å². The van der Waals surface area contributed by atoms with Crippen LogP contribution < -0.4 is 0 Å². The monoisotopic (exact) mass is 140 g/mol. The number of nitrogens with zero attached hydrogens (tertiary/aromatic N) is 1. The Kier molecular flexibility index (Phi) is 1.76. The van der Waals surface area contributed by atoms with Crippen LogP contribution in [0.15, 0.2) is 4.42 Å². The fourth-order valence-corrected chi connectivity index (χ4v) is 0.671. The zero-order chi connectivity index (χ0) is 7.72. The fourth-order valence-electron chi connectivity index (χ4n) is 0.671. The second-order valence-corrected chi connectivity index (χ2v) is 2.34. The van der Waals surface area contributed by atoms with Gasteiger partial charge in [-0.3, -0.25) is 0 Å². The van der Waals surface area contributed by atoms with E-state index in [4.69, 9.17) is 4.42 Å². The zero-order valence-corrected chi connectivity index (χ0v) is 6.34. The first kappa shape index (κ1) is 7.28. The van der Waals surface area contributed by atoms with Gasteiger partial charge >= 0.3 is 0 Å². The molecule has 0 aliphatic heterocycles. The summed E-state index contributed by atoms with van der Waals surface area (Å²) in [5.41, 5.74) is 0.803. The van der Waals surface area contributed by atoms with E-state index >= 15 is 0 Å². The Labute approximate surface area is 59.7 Å². The zero-order valence-electron chi connectivity index (χ0n) is 6.34. The summed E-state index contributed by atoms with van der Waals surface area (Å²) >= 11 is 0. The molecule has 0 amide bonds. The molecule has 0 spiro atoms. The Balaban J connectivity index is 2.98. The van der Waals surface area contributed by atoms with Gasteiger partial charge in [-0.2, -0.15) is 0 Å². The second kappa shape index (κ2) is 2.42. The van der Waals surface area contributed by atoms with E-state index in [0.29, 0.717) is 0 Å². The summed E-state index contributed by atoms with van der Waals surface area (Å²) in [6.07, 6.45) is -0.854. The quantitative estimate of drug-likeness (QED) is 0.596. The molecule has 0 saturated heterocycles. The third-order valence-electron chi connectivity index (χ3n) is 1.39. The van der Waals surface area contributed by atoms with E-state index in [1.165, 1.54) is 6.92 Å². The molecule has 0 N–H and O–H groups in total. The molecule has 1 atom stereocenters. The molecule has 0 aliphatic carbocycles. The number of aromatic nitrogens is 1. The van der Waals surface area contributed by atoms with Crippen molar-refractivity contribution in [2.45, 2.75) is 26.9 Å². The predicted octanol–water partition coefficient (Wildman–Crippen LogP) is 1.78. The van der Waals surface area contributed by atoms with Crippen molar-refractivity contribution >= 4 is 0 Å². The molecule has 0 bridgehead atoms. The van der Waals surface area contributed by atoms with Crippen LogP contribution in [0, 0.1) is 13.8 Å². The van der Waals surface area contributed by atoms with Gasteiger partial charge in [0.2, 0.25) is 5.89 Å². The van der Waals surface area contributed by atoms with Gasteiger partial charge in [-0.1, -0.05) is 0 Å². The first-order valence-electron chi connectivity index (χ1n) is 3.21. The fraction of sp³-hybridized carbons (Fsp3) is 0.571. The molecule has 0 fully saturated rings. The number of hydrogen-bond donors (Lipinski definition) is 0. The summed E-state index contributed by atoms with van der Waals surface area (Å²) < 4.78 is 5.05. The van der Waals surface area contributed by atoms with Crippen LogP contribution in [-0.2, 0) is 5.11 Å². The molecule has 1 aromatic heterocycles. The predicted molar refractivity (Wildman–Crippen MR) is 35.1 cm³/mol. The molecule has 1 heterocycles. The van der Waals surface area contributed by atoms with E-state index < -0.39 is 6.10 Å². The van der Waals surface area contributed by atoms with E-state index in [1.807, 2.05) is 6.92 Å².